The highest BCUT2D eigenvalue weighted by Gasteiger charge is 2.28. The molecule has 1 aromatic heterocycles. The van der Waals surface area contributed by atoms with Crippen LogP contribution in [0.3, 0.4) is 0 Å². The van der Waals surface area contributed by atoms with Crippen molar-refractivity contribution in [1.82, 2.24) is 20.4 Å². The fourth-order valence-electron chi connectivity index (χ4n) is 1.72. The zero-order chi connectivity index (χ0) is 12.8. The van der Waals surface area contributed by atoms with Gasteiger partial charge in [0.15, 0.2) is 0 Å². The highest BCUT2D eigenvalue weighted by Crippen LogP contribution is 2.28. The average molecular weight is 252 g/mol. The molecule has 1 atom stereocenters. The number of carbonyl (C=O) groups excluding carboxylic acids is 1. The Morgan fingerprint density at radius 2 is 2.33 bits per heavy atom. The Balaban J connectivity index is 1.48. The van der Waals surface area contributed by atoms with Gasteiger partial charge in [-0.05, 0) is 18.9 Å². The van der Waals surface area contributed by atoms with Crippen LogP contribution in [0.1, 0.15) is 12.8 Å². The Hall–Kier alpha value is -1.40. The molecule has 1 aliphatic rings. The molecule has 1 aromatic rings. The van der Waals surface area contributed by atoms with Gasteiger partial charge in [-0.3, -0.25) is 9.48 Å². The number of carbonyl (C=O) groups is 1. The summed E-state index contributed by atoms with van der Waals surface area (Å²) in [6.45, 7) is 2.27. The molecule has 6 nitrogen and oxygen atoms in total. The van der Waals surface area contributed by atoms with Gasteiger partial charge >= 0.3 is 0 Å². The Bertz CT molecular complexity index is 362. The number of hydrogen-bond donors (Lipinski definition) is 3. The van der Waals surface area contributed by atoms with E-state index in [0.717, 1.165) is 12.8 Å². The summed E-state index contributed by atoms with van der Waals surface area (Å²) < 4.78 is 1.70. The van der Waals surface area contributed by atoms with Crippen molar-refractivity contribution < 1.29 is 9.90 Å². The topological polar surface area (TPSA) is 79.2 Å². The van der Waals surface area contributed by atoms with E-state index in [2.05, 4.69) is 15.7 Å². The number of aliphatic hydroxyl groups is 1. The van der Waals surface area contributed by atoms with E-state index in [-0.39, 0.29) is 11.8 Å². The van der Waals surface area contributed by atoms with E-state index in [4.69, 9.17) is 0 Å². The van der Waals surface area contributed by atoms with Crippen molar-refractivity contribution in [3.05, 3.63) is 18.5 Å². The number of hydrogen-bond acceptors (Lipinski definition) is 4. The first-order valence-electron chi connectivity index (χ1n) is 6.39. The number of nitrogens with zero attached hydrogens (tertiary/aromatic N) is 2. The summed E-state index contributed by atoms with van der Waals surface area (Å²) in [5.41, 5.74) is 0. The van der Waals surface area contributed by atoms with Crippen LogP contribution in [0.2, 0.25) is 0 Å². The molecule has 100 valence electrons. The van der Waals surface area contributed by atoms with Crippen molar-refractivity contribution in [2.75, 3.05) is 19.6 Å². The summed E-state index contributed by atoms with van der Waals surface area (Å²) >= 11 is 0. The predicted octanol–water partition coefficient (Wildman–Crippen LogP) is -0.640. The first kappa shape index (κ1) is 13.0. The number of rotatable bonds is 8. The first-order valence-corrected chi connectivity index (χ1v) is 6.39. The summed E-state index contributed by atoms with van der Waals surface area (Å²) in [6.07, 6.45) is 5.10. The molecule has 1 amide bonds. The Morgan fingerprint density at radius 1 is 1.50 bits per heavy atom. The van der Waals surface area contributed by atoms with Gasteiger partial charge in [0.25, 0.3) is 0 Å². The van der Waals surface area contributed by atoms with Gasteiger partial charge in [0.05, 0.1) is 12.6 Å². The van der Waals surface area contributed by atoms with E-state index in [1.165, 1.54) is 0 Å². The van der Waals surface area contributed by atoms with Crippen LogP contribution < -0.4 is 10.6 Å². The lowest BCUT2D eigenvalue weighted by atomic mass is 10.3. The minimum Gasteiger partial charge on any atom is -0.390 e. The zero-order valence-electron chi connectivity index (χ0n) is 10.4. The van der Waals surface area contributed by atoms with E-state index < -0.39 is 6.10 Å². The molecule has 18 heavy (non-hydrogen) atoms. The standard InChI is InChI=1S/C12H20N4O2/c17-11(9-16-7-1-4-15-16)8-13-5-6-14-12(18)10-2-3-10/h1,4,7,10-11,13,17H,2-3,5-6,8-9H2,(H,14,18). The van der Waals surface area contributed by atoms with Gasteiger partial charge in [-0.2, -0.15) is 5.10 Å². The van der Waals surface area contributed by atoms with E-state index in [1.807, 2.05) is 12.3 Å². The third-order valence-electron chi connectivity index (χ3n) is 2.89. The molecule has 3 N–H and O–H groups in total. The van der Waals surface area contributed by atoms with Crippen LogP contribution >= 0.6 is 0 Å². The molecule has 2 rings (SSSR count). The molecule has 0 radical (unpaired) electrons. The summed E-state index contributed by atoms with van der Waals surface area (Å²) in [5.74, 6) is 0.421. The Kier molecular flexibility index (Phi) is 4.72. The molecule has 0 aromatic carbocycles. The smallest absolute Gasteiger partial charge is 0.223 e. The predicted molar refractivity (Wildman–Crippen MR) is 66.8 cm³/mol. The van der Waals surface area contributed by atoms with Crippen molar-refractivity contribution in [3.8, 4) is 0 Å². The Labute approximate surface area is 106 Å². The van der Waals surface area contributed by atoms with Crippen LogP contribution in [0.4, 0.5) is 0 Å². The van der Waals surface area contributed by atoms with E-state index in [9.17, 15) is 9.90 Å². The molecule has 0 saturated heterocycles. The summed E-state index contributed by atoms with van der Waals surface area (Å²) in [4.78, 5) is 11.3. The largest absolute Gasteiger partial charge is 0.390 e. The van der Waals surface area contributed by atoms with Crippen LogP contribution in [0.15, 0.2) is 18.5 Å². The zero-order valence-corrected chi connectivity index (χ0v) is 10.4. The number of aliphatic hydroxyl groups excluding tert-OH is 1. The average Bonchev–Trinajstić information content (AvgIpc) is 3.08. The molecular formula is C12H20N4O2. The maximum atomic E-state index is 11.3. The summed E-state index contributed by atoms with van der Waals surface area (Å²) in [7, 11) is 0. The quantitative estimate of drug-likeness (QED) is 0.538. The minimum atomic E-state index is -0.468. The normalized spacial score (nSPS) is 16.5. The molecule has 1 fully saturated rings. The van der Waals surface area contributed by atoms with Gasteiger partial charge in [0, 0.05) is 37.9 Å². The second kappa shape index (κ2) is 6.51. The summed E-state index contributed by atoms with van der Waals surface area (Å²) in [5, 5.41) is 19.7. The van der Waals surface area contributed by atoms with Gasteiger partial charge in [0.1, 0.15) is 0 Å². The lowest BCUT2D eigenvalue weighted by Crippen LogP contribution is -2.37. The number of aromatic nitrogens is 2. The first-order chi connectivity index (χ1) is 8.75. The van der Waals surface area contributed by atoms with Gasteiger partial charge in [-0.15, -0.1) is 0 Å². The monoisotopic (exact) mass is 252 g/mol. The van der Waals surface area contributed by atoms with Crippen LogP contribution in [0, 0.1) is 5.92 Å². The number of nitrogens with one attached hydrogen (secondary N) is 2. The SMILES string of the molecule is O=C(NCCNCC(O)Cn1cccn1)C1CC1. The van der Waals surface area contributed by atoms with Gasteiger partial charge < -0.3 is 15.7 Å². The number of amides is 1. The second-order valence-corrected chi connectivity index (χ2v) is 4.65. The van der Waals surface area contributed by atoms with Crippen molar-refractivity contribution in [1.29, 1.82) is 0 Å². The molecule has 1 unspecified atom stereocenters. The Morgan fingerprint density at radius 3 is 3.00 bits per heavy atom. The molecule has 1 heterocycles. The van der Waals surface area contributed by atoms with Gasteiger partial charge in [0.2, 0.25) is 5.91 Å². The minimum absolute atomic E-state index is 0.161. The maximum Gasteiger partial charge on any atom is 0.223 e. The lowest BCUT2D eigenvalue weighted by Gasteiger charge is -2.12. The molecule has 6 heteroatoms. The van der Waals surface area contributed by atoms with Crippen LogP contribution in [0.25, 0.3) is 0 Å². The molecule has 1 aliphatic carbocycles. The molecular weight excluding hydrogens is 232 g/mol. The van der Waals surface area contributed by atoms with E-state index >= 15 is 0 Å². The van der Waals surface area contributed by atoms with Crippen molar-refractivity contribution >= 4 is 5.91 Å². The van der Waals surface area contributed by atoms with Crippen molar-refractivity contribution in [2.24, 2.45) is 5.92 Å². The molecule has 1 saturated carbocycles. The highest BCUT2D eigenvalue weighted by atomic mass is 16.3. The summed E-state index contributed by atoms with van der Waals surface area (Å²) in [6, 6.07) is 1.83. The maximum absolute atomic E-state index is 11.3. The highest BCUT2D eigenvalue weighted by molar-refractivity contribution is 5.80. The molecule has 0 aliphatic heterocycles. The molecule has 0 spiro atoms. The van der Waals surface area contributed by atoms with E-state index in [0.29, 0.717) is 26.2 Å². The van der Waals surface area contributed by atoms with E-state index in [1.54, 1.807) is 10.9 Å². The fourth-order valence-corrected chi connectivity index (χ4v) is 1.72. The third-order valence-corrected chi connectivity index (χ3v) is 2.89. The van der Waals surface area contributed by atoms with Gasteiger partial charge in [-0.1, -0.05) is 0 Å². The van der Waals surface area contributed by atoms with Crippen LogP contribution in [-0.2, 0) is 11.3 Å². The van der Waals surface area contributed by atoms with Crippen LogP contribution in [0.5, 0.6) is 0 Å². The second-order valence-electron chi connectivity index (χ2n) is 4.65. The van der Waals surface area contributed by atoms with Crippen LogP contribution in [-0.4, -0.2) is 46.5 Å². The van der Waals surface area contributed by atoms with Crippen molar-refractivity contribution in [2.45, 2.75) is 25.5 Å². The van der Waals surface area contributed by atoms with Gasteiger partial charge in [-0.25, -0.2) is 0 Å². The third kappa shape index (κ3) is 4.46. The lowest BCUT2D eigenvalue weighted by molar-refractivity contribution is -0.122. The van der Waals surface area contributed by atoms with Crippen molar-refractivity contribution in [3.63, 3.8) is 0 Å². The molecule has 0 bridgehead atoms. The fraction of sp³-hybridized carbons (Fsp3) is 0.667.